The van der Waals surface area contributed by atoms with Crippen molar-refractivity contribution in [2.75, 3.05) is 5.75 Å². The molecule has 0 aromatic heterocycles. The maximum Gasteiger partial charge on any atom is -0.00922 e. The van der Waals surface area contributed by atoms with Crippen molar-refractivity contribution in [2.45, 2.75) is 19.3 Å². The zero-order valence-electron chi connectivity index (χ0n) is 6.75. The van der Waals surface area contributed by atoms with Crippen LogP contribution in [0.1, 0.15) is 24.8 Å². The molecule has 1 radical (unpaired) electrons. The van der Waals surface area contributed by atoms with Crippen LogP contribution in [-0.2, 0) is 0 Å². The molecule has 0 nitrogen and oxygen atoms in total. The van der Waals surface area contributed by atoms with E-state index in [1.165, 1.54) is 5.56 Å². The first-order valence-electron chi connectivity index (χ1n) is 3.91. The first-order chi connectivity index (χ1) is 5.34. The van der Waals surface area contributed by atoms with Gasteiger partial charge in [-0.3, -0.25) is 0 Å². The lowest BCUT2D eigenvalue weighted by Gasteiger charge is -2.08. The van der Waals surface area contributed by atoms with Crippen LogP contribution in [0.5, 0.6) is 0 Å². The predicted molar refractivity (Wildman–Crippen MR) is 52.2 cm³/mol. The molecule has 1 atom stereocenters. The van der Waals surface area contributed by atoms with Gasteiger partial charge in [0.2, 0.25) is 0 Å². The van der Waals surface area contributed by atoms with E-state index in [0.29, 0.717) is 5.92 Å². The van der Waals surface area contributed by atoms with Crippen molar-refractivity contribution in [2.24, 2.45) is 0 Å². The Morgan fingerprint density at radius 2 is 2.09 bits per heavy atom. The number of benzene rings is 1. The molecule has 0 aliphatic heterocycles. The molecule has 0 aliphatic carbocycles. The third kappa shape index (κ3) is 2.58. The van der Waals surface area contributed by atoms with Crippen molar-refractivity contribution >= 4 is 12.6 Å². The van der Waals surface area contributed by atoms with E-state index in [0.717, 1.165) is 12.2 Å². The quantitative estimate of drug-likeness (QED) is 0.654. The van der Waals surface area contributed by atoms with Crippen molar-refractivity contribution in [3.05, 3.63) is 35.9 Å². The van der Waals surface area contributed by atoms with Gasteiger partial charge in [0.25, 0.3) is 0 Å². The van der Waals surface area contributed by atoms with Gasteiger partial charge in [-0.05, 0) is 29.7 Å². The lowest BCUT2D eigenvalue weighted by atomic mass is 9.99. The Labute approximate surface area is 74.0 Å². The molecule has 0 aliphatic rings. The molecule has 0 amide bonds. The molecule has 0 N–H and O–H groups in total. The number of rotatable bonds is 3. The van der Waals surface area contributed by atoms with Gasteiger partial charge in [0, 0.05) is 0 Å². The van der Waals surface area contributed by atoms with E-state index in [1.807, 2.05) is 12.1 Å². The van der Waals surface area contributed by atoms with Crippen molar-refractivity contribution in [1.29, 1.82) is 0 Å². The normalized spacial score (nSPS) is 12.9. The van der Waals surface area contributed by atoms with Gasteiger partial charge in [-0.2, -0.15) is 12.6 Å². The molecule has 1 aromatic rings. The third-order valence-corrected chi connectivity index (χ3v) is 2.13. The van der Waals surface area contributed by atoms with Crippen LogP contribution in [0, 0.1) is 6.07 Å². The summed E-state index contributed by atoms with van der Waals surface area (Å²) in [6, 6.07) is 11.2. The standard InChI is InChI=1S/C10H13S/c1-9(7-8-11)10-5-3-2-4-6-10/h3-6,9,11H,7-8H2,1H3. The van der Waals surface area contributed by atoms with Gasteiger partial charge in [-0.25, -0.2) is 0 Å². The summed E-state index contributed by atoms with van der Waals surface area (Å²) in [6.07, 6.45) is 1.15. The Bertz CT molecular complexity index is 193. The summed E-state index contributed by atoms with van der Waals surface area (Å²) in [5, 5.41) is 0. The maximum absolute atomic E-state index is 4.20. The predicted octanol–water partition coefficient (Wildman–Crippen LogP) is 2.91. The minimum Gasteiger partial charge on any atom is -0.179 e. The highest BCUT2D eigenvalue weighted by molar-refractivity contribution is 7.80. The summed E-state index contributed by atoms with van der Waals surface area (Å²) in [4.78, 5) is 0. The van der Waals surface area contributed by atoms with Crippen molar-refractivity contribution in [3.8, 4) is 0 Å². The van der Waals surface area contributed by atoms with Gasteiger partial charge < -0.3 is 0 Å². The van der Waals surface area contributed by atoms with Gasteiger partial charge in [-0.1, -0.05) is 31.2 Å². The van der Waals surface area contributed by atoms with Crippen LogP contribution in [0.15, 0.2) is 24.3 Å². The molecular weight excluding hydrogens is 152 g/mol. The highest BCUT2D eigenvalue weighted by Crippen LogP contribution is 2.17. The molecule has 1 aromatic carbocycles. The molecule has 1 unspecified atom stereocenters. The Balaban J connectivity index is 2.61. The fourth-order valence-electron chi connectivity index (χ4n) is 1.09. The molecule has 59 valence electrons. The Kier molecular flexibility index (Phi) is 3.50. The van der Waals surface area contributed by atoms with Crippen molar-refractivity contribution < 1.29 is 0 Å². The van der Waals surface area contributed by atoms with E-state index < -0.39 is 0 Å². The van der Waals surface area contributed by atoms with Crippen LogP contribution in [0.4, 0.5) is 0 Å². The SMILES string of the molecule is CC(CCS)c1cc[c]cc1. The summed E-state index contributed by atoms with van der Waals surface area (Å²) >= 11 is 4.20. The smallest absolute Gasteiger partial charge is 0.00922 e. The zero-order chi connectivity index (χ0) is 8.10. The second kappa shape index (κ2) is 4.45. The van der Waals surface area contributed by atoms with Crippen molar-refractivity contribution in [3.63, 3.8) is 0 Å². The van der Waals surface area contributed by atoms with Gasteiger partial charge in [0.15, 0.2) is 0 Å². The highest BCUT2D eigenvalue weighted by Gasteiger charge is 2.01. The molecule has 0 saturated carbocycles. The van der Waals surface area contributed by atoms with Gasteiger partial charge >= 0.3 is 0 Å². The maximum atomic E-state index is 4.20. The highest BCUT2D eigenvalue weighted by atomic mass is 32.1. The molecule has 0 fully saturated rings. The summed E-state index contributed by atoms with van der Waals surface area (Å²) in [5.41, 5.74) is 1.39. The largest absolute Gasteiger partial charge is 0.179 e. The topological polar surface area (TPSA) is 0 Å². The molecule has 1 rings (SSSR count). The Morgan fingerprint density at radius 3 is 2.64 bits per heavy atom. The van der Waals surface area contributed by atoms with Gasteiger partial charge in [-0.15, -0.1) is 0 Å². The lowest BCUT2D eigenvalue weighted by molar-refractivity contribution is 0.742. The van der Waals surface area contributed by atoms with Crippen molar-refractivity contribution in [1.82, 2.24) is 0 Å². The monoisotopic (exact) mass is 165 g/mol. The van der Waals surface area contributed by atoms with Crippen LogP contribution in [0.25, 0.3) is 0 Å². The fourth-order valence-corrected chi connectivity index (χ4v) is 1.48. The molecule has 11 heavy (non-hydrogen) atoms. The minimum absolute atomic E-state index is 0.627. The fraction of sp³-hybridized carbons (Fsp3) is 0.400. The summed E-state index contributed by atoms with van der Waals surface area (Å²) in [7, 11) is 0. The van der Waals surface area contributed by atoms with Gasteiger partial charge in [0.1, 0.15) is 0 Å². The van der Waals surface area contributed by atoms with Gasteiger partial charge in [0.05, 0.1) is 0 Å². The van der Waals surface area contributed by atoms with E-state index in [4.69, 9.17) is 0 Å². The van der Waals surface area contributed by atoms with E-state index in [1.54, 1.807) is 0 Å². The number of hydrogen-bond donors (Lipinski definition) is 1. The Hall–Kier alpha value is -0.430. The second-order valence-electron chi connectivity index (χ2n) is 2.75. The molecule has 1 heteroatoms. The van der Waals surface area contributed by atoms with E-state index in [9.17, 15) is 0 Å². The average molecular weight is 165 g/mol. The molecule has 0 bridgehead atoms. The van der Waals surface area contributed by atoms with E-state index >= 15 is 0 Å². The van der Waals surface area contributed by atoms with Crippen LogP contribution in [-0.4, -0.2) is 5.75 Å². The summed E-state index contributed by atoms with van der Waals surface area (Å²) in [6.45, 7) is 2.23. The molecule has 0 spiro atoms. The third-order valence-electron chi connectivity index (χ3n) is 1.88. The summed E-state index contributed by atoms with van der Waals surface area (Å²) in [5.74, 6) is 1.59. The molecule has 0 saturated heterocycles. The zero-order valence-corrected chi connectivity index (χ0v) is 7.64. The summed E-state index contributed by atoms with van der Waals surface area (Å²) < 4.78 is 0. The van der Waals surface area contributed by atoms with Crippen LogP contribution >= 0.6 is 12.6 Å². The lowest BCUT2D eigenvalue weighted by Crippen LogP contribution is -1.93. The number of thiol groups is 1. The number of hydrogen-bond acceptors (Lipinski definition) is 1. The minimum atomic E-state index is 0.627. The average Bonchev–Trinajstić information content (AvgIpc) is 2.07. The first-order valence-corrected chi connectivity index (χ1v) is 4.54. The molecular formula is C10H13S. The second-order valence-corrected chi connectivity index (χ2v) is 3.19. The van der Waals surface area contributed by atoms with E-state index in [-0.39, 0.29) is 0 Å². The Morgan fingerprint density at radius 1 is 1.45 bits per heavy atom. The van der Waals surface area contributed by atoms with Crippen LogP contribution in [0.3, 0.4) is 0 Å². The molecule has 0 heterocycles. The van der Waals surface area contributed by atoms with E-state index in [2.05, 4.69) is 37.8 Å². The van der Waals surface area contributed by atoms with Crippen LogP contribution in [0.2, 0.25) is 0 Å². The van der Waals surface area contributed by atoms with Crippen LogP contribution < -0.4 is 0 Å². The first kappa shape index (κ1) is 8.66.